The maximum atomic E-state index is 8.11. The van der Waals surface area contributed by atoms with Gasteiger partial charge in [-0.3, -0.25) is 0 Å². The van der Waals surface area contributed by atoms with Crippen molar-refractivity contribution >= 4 is 11.6 Å². The fraction of sp³-hybridized carbons (Fsp3) is 0.160. The minimum Gasteiger partial charge on any atom is -0.394 e. The van der Waals surface area contributed by atoms with Crippen LogP contribution in [0.4, 0.5) is 0 Å². The van der Waals surface area contributed by atoms with E-state index < -0.39 is 11.6 Å². The van der Waals surface area contributed by atoms with Crippen molar-refractivity contribution in [1.82, 2.24) is 9.55 Å². The SMILES string of the molecule is CC(O)CO.Clc1ccccc1C(c1ccccc1)(c1ccccc1)n1ccnc1. The number of hydrogen-bond acceptors (Lipinski definition) is 3. The molecule has 0 aliphatic rings. The second kappa shape index (κ2) is 10.2. The lowest BCUT2D eigenvalue weighted by Crippen LogP contribution is -2.37. The molecule has 4 rings (SSSR count). The van der Waals surface area contributed by atoms with Gasteiger partial charge in [0, 0.05) is 23.0 Å². The van der Waals surface area contributed by atoms with Crippen molar-refractivity contribution in [3.8, 4) is 0 Å². The maximum absolute atomic E-state index is 8.11. The van der Waals surface area contributed by atoms with Crippen LogP contribution in [-0.2, 0) is 5.54 Å². The number of benzene rings is 3. The number of rotatable bonds is 5. The summed E-state index contributed by atoms with van der Waals surface area (Å²) in [7, 11) is 0. The topological polar surface area (TPSA) is 58.3 Å². The van der Waals surface area contributed by atoms with E-state index in [1.54, 1.807) is 6.20 Å². The molecule has 0 fully saturated rings. The molecule has 0 spiro atoms. The van der Waals surface area contributed by atoms with Crippen molar-refractivity contribution in [2.45, 2.75) is 18.6 Å². The number of halogens is 1. The van der Waals surface area contributed by atoms with Crippen LogP contribution in [0.3, 0.4) is 0 Å². The number of hydrogen-bond donors (Lipinski definition) is 2. The van der Waals surface area contributed by atoms with E-state index in [1.807, 2.05) is 42.9 Å². The van der Waals surface area contributed by atoms with E-state index >= 15 is 0 Å². The van der Waals surface area contributed by atoms with Crippen LogP contribution in [0.5, 0.6) is 0 Å². The largest absolute Gasteiger partial charge is 0.394 e. The van der Waals surface area contributed by atoms with Gasteiger partial charge in [-0.15, -0.1) is 0 Å². The van der Waals surface area contributed by atoms with Crippen molar-refractivity contribution in [3.05, 3.63) is 125 Å². The lowest BCUT2D eigenvalue weighted by Gasteiger charge is -2.37. The molecule has 0 aliphatic heterocycles. The lowest BCUT2D eigenvalue weighted by molar-refractivity contribution is 0.110. The highest BCUT2D eigenvalue weighted by atomic mass is 35.5. The third-order valence-corrected chi connectivity index (χ3v) is 5.13. The number of aliphatic hydroxyl groups is 2. The Balaban J connectivity index is 0.000000461. The predicted octanol–water partition coefficient (Wildman–Crippen LogP) is 4.74. The lowest BCUT2D eigenvalue weighted by atomic mass is 9.76. The molecule has 4 nitrogen and oxygen atoms in total. The Labute approximate surface area is 182 Å². The van der Waals surface area contributed by atoms with Gasteiger partial charge in [0.15, 0.2) is 0 Å². The second-order valence-electron chi connectivity index (χ2n) is 6.92. The molecule has 0 saturated heterocycles. The zero-order valence-electron chi connectivity index (χ0n) is 16.8. The molecule has 0 amide bonds. The van der Waals surface area contributed by atoms with Gasteiger partial charge in [-0.05, 0) is 24.1 Å². The van der Waals surface area contributed by atoms with Crippen LogP contribution >= 0.6 is 11.6 Å². The fourth-order valence-corrected chi connectivity index (χ4v) is 3.76. The van der Waals surface area contributed by atoms with E-state index in [0.29, 0.717) is 0 Å². The van der Waals surface area contributed by atoms with Crippen LogP contribution in [0, 0.1) is 0 Å². The van der Waals surface area contributed by atoms with E-state index in [2.05, 4.69) is 64.1 Å². The number of imidazole rings is 1. The number of aliphatic hydroxyl groups excluding tert-OH is 2. The number of aromatic nitrogens is 2. The Morgan fingerprint density at radius 2 is 1.40 bits per heavy atom. The summed E-state index contributed by atoms with van der Waals surface area (Å²) < 4.78 is 2.12. The van der Waals surface area contributed by atoms with Crippen LogP contribution in [0.25, 0.3) is 0 Å². The van der Waals surface area contributed by atoms with E-state index in [0.717, 1.165) is 21.7 Å². The minimum absolute atomic E-state index is 0.139. The van der Waals surface area contributed by atoms with Gasteiger partial charge in [-0.25, -0.2) is 4.98 Å². The van der Waals surface area contributed by atoms with Crippen molar-refractivity contribution in [1.29, 1.82) is 0 Å². The van der Waals surface area contributed by atoms with Crippen LogP contribution in [-0.4, -0.2) is 32.5 Å². The zero-order chi connectivity index (χ0) is 21.4. The van der Waals surface area contributed by atoms with E-state index in [1.165, 1.54) is 6.92 Å². The Bertz CT molecular complexity index is 980. The molecule has 30 heavy (non-hydrogen) atoms. The third-order valence-electron chi connectivity index (χ3n) is 4.80. The van der Waals surface area contributed by atoms with Crippen molar-refractivity contribution in [3.63, 3.8) is 0 Å². The fourth-order valence-electron chi connectivity index (χ4n) is 3.49. The predicted molar refractivity (Wildman–Crippen MR) is 121 cm³/mol. The summed E-state index contributed by atoms with van der Waals surface area (Å²) in [5.41, 5.74) is 2.70. The molecular weight excluding hydrogens is 396 g/mol. The van der Waals surface area contributed by atoms with Crippen LogP contribution in [0.15, 0.2) is 104 Å². The Hall–Kier alpha value is -2.92. The van der Waals surface area contributed by atoms with Crippen molar-refractivity contribution in [2.75, 3.05) is 6.61 Å². The zero-order valence-corrected chi connectivity index (χ0v) is 17.5. The first kappa shape index (κ1) is 21.8. The maximum Gasteiger partial charge on any atom is 0.123 e. The molecular formula is C25H25ClN2O2. The normalized spacial score (nSPS) is 12.0. The molecule has 0 aliphatic carbocycles. The first-order chi connectivity index (χ1) is 14.6. The third kappa shape index (κ3) is 4.46. The van der Waals surface area contributed by atoms with Crippen LogP contribution in [0.1, 0.15) is 23.6 Å². The molecule has 1 aromatic heterocycles. The molecule has 5 heteroatoms. The summed E-state index contributed by atoms with van der Waals surface area (Å²) in [4.78, 5) is 4.31. The van der Waals surface area contributed by atoms with Gasteiger partial charge in [0.1, 0.15) is 5.54 Å². The summed E-state index contributed by atoms with van der Waals surface area (Å²) in [6, 6.07) is 28.8. The van der Waals surface area contributed by atoms with Gasteiger partial charge >= 0.3 is 0 Å². The van der Waals surface area contributed by atoms with E-state index in [4.69, 9.17) is 21.8 Å². The van der Waals surface area contributed by atoms with E-state index in [-0.39, 0.29) is 6.61 Å². The highest BCUT2D eigenvalue weighted by molar-refractivity contribution is 6.31. The molecule has 2 N–H and O–H groups in total. The molecule has 3 aromatic carbocycles. The first-order valence-electron chi connectivity index (χ1n) is 9.74. The molecule has 0 saturated carbocycles. The van der Waals surface area contributed by atoms with Crippen molar-refractivity contribution in [2.24, 2.45) is 0 Å². The summed E-state index contributed by atoms with van der Waals surface area (Å²) in [6.45, 7) is 1.39. The van der Waals surface area contributed by atoms with Crippen LogP contribution in [0.2, 0.25) is 5.02 Å². The Morgan fingerprint density at radius 3 is 1.83 bits per heavy atom. The Morgan fingerprint density at radius 1 is 0.900 bits per heavy atom. The average Bonchev–Trinajstić information content (AvgIpc) is 3.33. The molecule has 154 valence electrons. The molecule has 0 bridgehead atoms. The molecule has 4 aromatic rings. The van der Waals surface area contributed by atoms with Crippen LogP contribution < -0.4 is 0 Å². The second-order valence-corrected chi connectivity index (χ2v) is 7.33. The highest BCUT2D eigenvalue weighted by Crippen LogP contribution is 2.43. The van der Waals surface area contributed by atoms with Gasteiger partial charge in [-0.1, -0.05) is 90.5 Å². The van der Waals surface area contributed by atoms with Gasteiger partial charge < -0.3 is 14.8 Å². The van der Waals surface area contributed by atoms with Gasteiger partial charge in [0.25, 0.3) is 0 Å². The molecule has 1 heterocycles. The molecule has 1 unspecified atom stereocenters. The average molecular weight is 421 g/mol. The van der Waals surface area contributed by atoms with Gasteiger partial charge in [0.2, 0.25) is 0 Å². The summed E-state index contributed by atoms with van der Waals surface area (Å²) >= 11 is 6.69. The minimum atomic E-state index is -0.586. The highest BCUT2D eigenvalue weighted by Gasteiger charge is 2.39. The van der Waals surface area contributed by atoms with Gasteiger partial charge in [-0.2, -0.15) is 0 Å². The molecule has 1 atom stereocenters. The summed E-state index contributed by atoms with van der Waals surface area (Å²) in [5.74, 6) is 0. The monoisotopic (exact) mass is 420 g/mol. The van der Waals surface area contributed by atoms with Gasteiger partial charge in [0.05, 0.1) is 19.0 Å². The Kier molecular flexibility index (Phi) is 7.41. The molecule has 0 radical (unpaired) electrons. The van der Waals surface area contributed by atoms with Crippen molar-refractivity contribution < 1.29 is 10.2 Å². The summed E-state index contributed by atoms with van der Waals surface area (Å²) in [6.07, 6.45) is 5.08. The standard InChI is InChI=1S/C22H17ClN2.C3H8O2/c23-21-14-8-7-13-20(21)22(25-16-15-24-17-25,18-9-3-1-4-10-18)19-11-5-2-6-12-19;1-3(5)2-4/h1-17H;3-5H,2H2,1H3. The quantitative estimate of drug-likeness (QED) is 0.458. The summed E-state index contributed by atoms with van der Waals surface area (Å²) in [5, 5.41) is 16.7. The first-order valence-corrected chi connectivity index (χ1v) is 10.1. The number of nitrogens with zero attached hydrogens (tertiary/aromatic N) is 2. The smallest absolute Gasteiger partial charge is 0.123 e. The van der Waals surface area contributed by atoms with E-state index in [9.17, 15) is 0 Å².